The number of aliphatic imine (C=N–C) groups is 1. The van der Waals surface area contributed by atoms with Crippen LogP contribution >= 0.6 is 22.6 Å². The third-order valence-corrected chi connectivity index (χ3v) is 15.5. The number of carbonyl (C=O) groups is 1. The van der Waals surface area contributed by atoms with E-state index >= 15 is 0 Å². The summed E-state index contributed by atoms with van der Waals surface area (Å²) in [6.07, 6.45) is 2.22. The molecule has 0 spiro atoms. The number of halogens is 1. The summed E-state index contributed by atoms with van der Waals surface area (Å²) in [5.41, 5.74) is 0.913. The number of hydrogen-bond donors (Lipinski definition) is 0. The number of hydrogen-bond acceptors (Lipinski definition) is 3. The van der Waals surface area contributed by atoms with E-state index in [2.05, 4.69) is 93.7 Å². The van der Waals surface area contributed by atoms with E-state index in [-0.39, 0.29) is 44.0 Å². The fraction of sp³-hybridized carbons (Fsp3) is 0.440. The third kappa shape index (κ3) is 4.51. The van der Waals surface area contributed by atoms with Gasteiger partial charge in [-0.05, 0) is 0 Å². The first-order valence-electron chi connectivity index (χ1n) is 11.0. The maximum atomic E-state index is 13.3. The fourth-order valence-corrected chi connectivity index (χ4v) is 8.52. The predicted octanol–water partition coefficient (Wildman–Crippen LogP) is 6.10. The van der Waals surface area contributed by atoms with E-state index in [1.807, 2.05) is 23.1 Å². The van der Waals surface area contributed by atoms with Gasteiger partial charge < -0.3 is 0 Å². The Morgan fingerprint density at radius 3 is 2.53 bits per heavy atom. The summed E-state index contributed by atoms with van der Waals surface area (Å²) in [4.78, 5) is 20.3. The number of carbonyl (C=O) groups excluding carboxylic acids is 1. The molecule has 2 aromatic carbocycles. The number of rotatable bonds is 5. The summed E-state index contributed by atoms with van der Waals surface area (Å²) >= 11 is 2.49. The molecule has 1 amide bonds. The van der Waals surface area contributed by atoms with E-state index in [0.717, 1.165) is 14.8 Å². The summed E-state index contributed by atoms with van der Waals surface area (Å²) in [7, 11) is -1.95. The molecule has 32 heavy (non-hydrogen) atoms. The van der Waals surface area contributed by atoms with Crippen molar-refractivity contribution >= 4 is 73.0 Å². The summed E-state index contributed by atoms with van der Waals surface area (Å²) in [5, 5.41) is 2.49. The minimum atomic E-state index is -1.95. The molecule has 170 valence electrons. The zero-order valence-corrected chi connectivity index (χ0v) is 24.4. The fourth-order valence-electron chi connectivity index (χ4n) is 4.02. The molecule has 0 aliphatic carbocycles. The van der Waals surface area contributed by atoms with Crippen LogP contribution in [0, 0.1) is 5.92 Å². The minimum absolute atomic E-state index is 0.0573. The molecule has 4 nitrogen and oxygen atoms in total. The molecule has 3 atom stereocenters. The molecule has 7 heteroatoms. The van der Waals surface area contributed by atoms with Crippen LogP contribution in [-0.2, 0) is 9.22 Å². The molecule has 0 unspecified atom stereocenters. The average molecular weight is 625 g/mol. The molecule has 0 radical (unpaired) electrons. The zero-order valence-electron chi connectivity index (χ0n) is 19.6. The van der Waals surface area contributed by atoms with Crippen LogP contribution < -0.4 is 0 Å². The molecule has 0 saturated carbocycles. The monoisotopic (exact) mass is 626 g/mol. The van der Waals surface area contributed by atoms with Gasteiger partial charge in [0.15, 0.2) is 0 Å². The normalized spacial score (nSPS) is 23.7. The summed E-state index contributed by atoms with van der Waals surface area (Å²) in [6.45, 7) is 13.3. The molecule has 1 saturated heterocycles. The number of alkyl halides is 1. The van der Waals surface area contributed by atoms with Crippen molar-refractivity contribution in [3.05, 3.63) is 53.0 Å². The topological polar surface area (TPSA) is 41.9 Å². The van der Waals surface area contributed by atoms with Crippen molar-refractivity contribution in [1.82, 2.24) is 4.90 Å². The molecule has 0 N–H and O–H groups in total. The number of amides is 1. The van der Waals surface area contributed by atoms with Gasteiger partial charge in [0.05, 0.1) is 0 Å². The van der Waals surface area contributed by atoms with Crippen molar-refractivity contribution in [2.24, 2.45) is 10.9 Å². The van der Waals surface area contributed by atoms with E-state index in [9.17, 15) is 4.79 Å². The first-order valence-corrected chi connectivity index (χ1v) is 17.2. The van der Waals surface area contributed by atoms with E-state index in [0.29, 0.717) is 0 Å². The van der Waals surface area contributed by atoms with Crippen LogP contribution in [0.25, 0.3) is 10.8 Å². The Kier molecular flexibility index (Phi) is 6.78. The van der Waals surface area contributed by atoms with Crippen LogP contribution in [0.4, 0.5) is 5.69 Å². The molecule has 2 heterocycles. The Hall–Kier alpha value is -0.994. The number of amidine groups is 1. The second-order valence-electron chi connectivity index (χ2n) is 10.1. The second-order valence-corrected chi connectivity index (χ2v) is 17.9. The molecular formula is C25H31IN2O2SeSi. The SMILES string of the molecule is C[C@@H](O[Si](C)(C)C(C)(C)C)[C@H]1C(=O)N2C(=Nc3ccc4ccccc4c3)[Se]C(CI)=C[C@H]12. The molecule has 2 aliphatic rings. The molecule has 2 aromatic rings. The number of allylic oxidation sites excluding steroid dienone is 1. The van der Waals surface area contributed by atoms with Crippen LogP contribution in [0.2, 0.25) is 18.1 Å². The Bertz CT molecular complexity index is 1110. The van der Waals surface area contributed by atoms with Crippen molar-refractivity contribution in [2.75, 3.05) is 4.43 Å². The standard InChI is InChI=1S/C25H31IN2O2SeSi/c1-16(30-32(5,6)25(2,3)4)22-21-14-20(15-26)31-24(28(21)23(22)29)27-19-12-11-17-9-7-8-10-18(17)13-19/h7-14,16,21-22H,15H2,1-6H3/t16-,21-,22-/m1/s1. The third-order valence-electron chi connectivity index (χ3n) is 6.86. The quantitative estimate of drug-likeness (QED) is 0.175. The average Bonchev–Trinajstić information content (AvgIpc) is 2.71. The number of nitrogens with zero attached hydrogens (tertiary/aromatic N) is 2. The Labute approximate surface area is 212 Å². The van der Waals surface area contributed by atoms with E-state index in [1.54, 1.807) is 0 Å². The van der Waals surface area contributed by atoms with Gasteiger partial charge in [0.25, 0.3) is 0 Å². The van der Waals surface area contributed by atoms with E-state index in [1.165, 1.54) is 15.2 Å². The summed E-state index contributed by atoms with van der Waals surface area (Å²) < 4.78 is 9.91. The van der Waals surface area contributed by atoms with Crippen LogP contribution in [0.1, 0.15) is 27.7 Å². The predicted molar refractivity (Wildman–Crippen MR) is 146 cm³/mol. The van der Waals surface area contributed by atoms with Crippen molar-refractivity contribution in [3.63, 3.8) is 0 Å². The number of β-lactam (4-membered cyclic amide) rings is 1. The van der Waals surface area contributed by atoms with Gasteiger partial charge in [-0.15, -0.1) is 0 Å². The van der Waals surface area contributed by atoms with Gasteiger partial charge in [-0.2, -0.15) is 0 Å². The van der Waals surface area contributed by atoms with Crippen LogP contribution in [-0.4, -0.2) is 55.4 Å². The van der Waals surface area contributed by atoms with Gasteiger partial charge in [-0.3, -0.25) is 0 Å². The van der Waals surface area contributed by atoms with Crippen molar-refractivity contribution < 1.29 is 9.22 Å². The molecule has 2 aliphatic heterocycles. The van der Waals surface area contributed by atoms with Crippen molar-refractivity contribution in [1.29, 1.82) is 0 Å². The van der Waals surface area contributed by atoms with Crippen LogP contribution in [0.3, 0.4) is 0 Å². The Morgan fingerprint density at radius 2 is 1.88 bits per heavy atom. The van der Waals surface area contributed by atoms with Gasteiger partial charge >= 0.3 is 213 Å². The molecule has 0 bridgehead atoms. The summed E-state index contributed by atoms with van der Waals surface area (Å²) in [5.74, 6) is 0.0337. The van der Waals surface area contributed by atoms with E-state index in [4.69, 9.17) is 9.42 Å². The molecule has 4 rings (SSSR count). The van der Waals surface area contributed by atoms with Gasteiger partial charge in [-0.1, -0.05) is 0 Å². The van der Waals surface area contributed by atoms with Gasteiger partial charge in [0.1, 0.15) is 0 Å². The summed E-state index contributed by atoms with van der Waals surface area (Å²) in [6, 6.07) is 14.6. The Morgan fingerprint density at radius 1 is 1.19 bits per heavy atom. The molecule has 0 aromatic heterocycles. The first-order chi connectivity index (χ1) is 15.0. The zero-order chi connectivity index (χ0) is 23.3. The van der Waals surface area contributed by atoms with Crippen molar-refractivity contribution in [2.45, 2.75) is 58.0 Å². The number of benzene rings is 2. The van der Waals surface area contributed by atoms with Crippen molar-refractivity contribution in [3.8, 4) is 0 Å². The Balaban J connectivity index is 1.61. The maximum absolute atomic E-state index is 13.3. The second kappa shape index (κ2) is 8.99. The van der Waals surface area contributed by atoms with Gasteiger partial charge in [0, 0.05) is 0 Å². The van der Waals surface area contributed by atoms with Gasteiger partial charge in [-0.25, -0.2) is 0 Å². The molecule has 1 fully saturated rings. The van der Waals surface area contributed by atoms with Crippen LogP contribution in [0.15, 0.2) is 58.0 Å². The number of fused-ring (bicyclic) bond motifs is 2. The van der Waals surface area contributed by atoms with Crippen LogP contribution in [0.5, 0.6) is 0 Å². The molecular weight excluding hydrogens is 594 g/mol. The van der Waals surface area contributed by atoms with E-state index < -0.39 is 8.32 Å². The van der Waals surface area contributed by atoms with Gasteiger partial charge in [0.2, 0.25) is 0 Å². The first kappa shape index (κ1) is 24.1.